The summed E-state index contributed by atoms with van der Waals surface area (Å²) in [5.74, 6) is 1.23. The molecule has 0 N–H and O–H groups in total. The molecule has 0 bridgehead atoms. The molecule has 0 aromatic heterocycles. The van der Waals surface area contributed by atoms with Crippen molar-refractivity contribution in [1.82, 2.24) is 4.67 Å². The number of nitrogens with zero attached hydrogens (tertiary/aromatic N) is 1. The van der Waals surface area contributed by atoms with Crippen LogP contribution in [0.3, 0.4) is 0 Å². The summed E-state index contributed by atoms with van der Waals surface area (Å²) in [4.78, 5) is 11.1. The van der Waals surface area contributed by atoms with Crippen LogP contribution in [0.15, 0.2) is 0 Å². The second-order valence-electron chi connectivity index (χ2n) is 3.34. The lowest BCUT2D eigenvalue weighted by molar-refractivity contribution is -0.121. The first-order chi connectivity index (χ1) is 5.15. The SMILES string of the molecule is CC[C@@H]1CN(P)C[C@@H]1C(C)=O. The maximum Gasteiger partial charge on any atom is 0.134 e. The first kappa shape index (κ1) is 9.15. The summed E-state index contributed by atoms with van der Waals surface area (Å²) in [6.07, 6.45) is 1.12. The molecule has 0 aliphatic carbocycles. The first-order valence-corrected chi connectivity index (χ1v) is 4.67. The lowest BCUT2D eigenvalue weighted by atomic mass is 9.91. The third-order valence-electron chi connectivity index (χ3n) is 2.52. The molecular formula is C8H16NOP. The topological polar surface area (TPSA) is 20.3 Å². The summed E-state index contributed by atoms with van der Waals surface area (Å²) in [7, 11) is 2.68. The number of carbonyl (C=O) groups excluding carboxylic acids is 1. The Morgan fingerprint density at radius 3 is 2.64 bits per heavy atom. The second kappa shape index (κ2) is 3.64. The molecule has 1 aliphatic heterocycles. The van der Waals surface area contributed by atoms with Crippen LogP contribution in [0.4, 0.5) is 0 Å². The van der Waals surface area contributed by atoms with E-state index < -0.39 is 0 Å². The van der Waals surface area contributed by atoms with E-state index in [9.17, 15) is 4.79 Å². The Morgan fingerprint density at radius 2 is 2.27 bits per heavy atom. The zero-order valence-corrected chi connectivity index (χ0v) is 8.36. The zero-order chi connectivity index (χ0) is 8.43. The fourth-order valence-electron chi connectivity index (χ4n) is 1.78. The van der Waals surface area contributed by atoms with E-state index in [0.717, 1.165) is 19.5 Å². The number of carbonyl (C=O) groups is 1. The van der Waals surface area contributed by atoms with Gasteiger partial charge in [-0.1, -0.05) is 22.7 Å². The molecule has 0 radical (unpaired) electrons. The molecule has 1 heterocycles. The predicted octanol–water partition coefficient (Wildman–Crippen LogP) is 1.32. The minimum absolute atomic E-state index is 0.289. The van der Waals surface area contributed by atoms with Crippen LogP contribution in [-0.2, 0) is 4.79 Å². The van der Waals surface area contributed by atoms with Crippen molar-refractivity contribution in [3.63, 3.8) is 0 Å². The summed E-state index contributed by atoms with van der Waals surface area (Å²) in [5.41, 5.74) is 0. The predicted molar refractivity (Wildman–Crippen MR) is 49.2 cm³/mol. The molecule has 11 heavy (non-hydrogen) atoms. The van der Waals surface area contributed by atoms with E-state index in [1.165, 1.54) is 0 Å². The van der Waals surface area contributed by atoms with E-state index in [0.29, 0.717) is 11.7 Å². The molecule has 0 spiro atoms. The summed E-state index contributed by atoms with van der Waals surface area (Å²) in [6.45, 7) is 5.85. The van der Waals surface area contributed by atoms with Crippen molar-refractivity contribution in [3.05, 3.63) is 0 Å². The molecule has 1 aliphatic rings. The highest BCUT2D eigenvalue weighted by molar-refractivity contribution is 7.13. The largest absolute Gasteiger partial charge is 0.300 e. The number of rotatable bonds is 2. The van der Waals surface area contributed by atoms with Gasteiger partial charge in [-0.25, -0.2) is 0 Å². The molecule has 1 unspecified atom stereocenters. The minimum Gasteiger partial charge on any atom is -0.300 e. The fourth-order valence-corrected chi connectivity index (χ4v) is 2.28. The zero-order valence-electron chi connectivity index (χ0n) is 7.21. The normalized spacial score (nSPS) is 32.6. The number of hydrogen-bond donors (Lipinski definition) is 0. The van der Waals surface area contributed by atoms with Gasteiger partial charge in [-0.3, -0.25) is 9.46 Å². The van der Waals surface area contributed by atoms with Crippen molar-refractivity contribution >= 4 is 15.2 Å². The summed E-state index contributed by atoms with van der Waals surface area (Å²) in [6, 6.07) is 0. The Morgan fingerprint density at radius 1 is 1.64 bits per heavy atom. The van der Waals surface area contributed by atoms with Gasteiger partial charge in [0.25, 0.3) is 0 Å². The standard InChI is InChI=1S/C8H16NOP/c1-3-7-4-9(11)5-8(7)6(2)10/h7-8H,3-5,11H2,1-2H3/t7-,8-/m1/s1. The van der Waals surface area contributed by atoms with E-state index in [2.05, 4.69) is 21.0 Å². The summed E-state index contributed by atoms with van der Waals surface area (Å²) in [5, 5.41) is 0. The quantitative estimate of drug-likeness (QED) is 0.587. The highest BCUT2D eigenvalue weighted by Gasteiger charge is 2.32. The lowest BCUT2D eigenvalue weighted by Gasteiger charge is -2.11. The van der Waals surface area contributed by atoms with Crippen molar-refractivity contribution in [1.29, 1.82) is 0 Å². The molecule has 0 aromatic carbocycles. The maximum atomic E-state index is 11.1. The van der Waals surface area contributed by atoms with E-state index in [4.69, 9.17) is 0 Å². The van der Waals surface area contributed by atoms with Crippen molar-refractivity contribution in [2.24, 2.45) is 11.8 Å². The Balaban J connectivity index is 2.57. The van der Waals surface area contributed by atoms with Gasteiger partial charge in [-0.2, -0.15) is 0 Å². The highest BCUT2D eigenvalue weighted by Crippen LogP contribution is 2.28. The molecule has 0 aromatic rings. The molecule has 64 valence electrons. The van der Waals surface area contributed by atoms with Gasteiger partial charge in [0.2, 0.25) is 0 Å². The van der Waals surface area contributed by atoms with Crippen LogP contribution in [0.25, 0.3) is 0 Å². The van der Waals surface area contributed by atoms with Gasteiger partial charge in [0.05, 0.1) is 0 Å². The van der Waals surface area contributed by atoms with Gasteiger partial charge in [-0.15, -0.1) is 0 Å². The van der Waals surface area contributed by atoms with Crippen LogP contribution in [0.5, 0.6) is 0 Å². The van der Waals surface area contributed by atoms with Crippen molar-refractivity contribution in [2.45, 2.75) is 20.3 Å². The van der Waals surface area contributed by atoms with Crippen LogP contribution < -0.4 is 0 Å². The molecule has 3 atom stereocenters. The third kappa shape index (κ3) is 2.00. The lowest BCUT2D eigenvalue weighted by Crippen LogP contribution is -2.19. The monoisotopic (exact) mass is 173 g/mol. The van der Waals surface area contributed by atoms with Crippen molar-refractivity contribution < 1.29 is 4.79 Å². The van der Waals surface area contributed by atoms with Crippen LogP contribution in [0, 0.1) is 11.8 Å². The summed E-state index contributed by atoms with van der Waals surface area (Å²) >= 11 is 0. The van der Waals surface area contributed by atoms with Crippen LogP contribution in [0.1, 0.15) is 20.3 Å². The first-order valence-electron chi connectivity index (χ1n) is 4.15. The number of Topliss-reactive ketones (excluding diaryl/α,β-unsaturated/α-hetero) is 1. The Labute approximate surface area is 70.6 Å². The molecule has 1 saturated heterocycles. The molecule has 0 amide bonds. The Bertz CT molecular complexity index is 160. The van der Waals surface area contributed by atoms with Gasteiger partial charge < -0.3 is 0 Å². The van der Waals surface area contributed by atoms with Gasteiger partial charge in [-0.05, 0) is 12.8 Å². The molecule has 3 heteroatoms. The smallest absolute Gasteiger partial charge is 0.134 e. The van der Waals surface area contributed by atoms with Gasteiger partial charge >= 0.3 is 0 Å². The fraction of sp³-hybridized carbons (Fsp3) is 0.875. The Kier molecular flexibility index (Phi) is 3.03. The summed E-state index contributed by atoms with van der Waals surface area (Å²) < 4.78 is 2.17. The van der Waals surface area contributed by atoms with Gasteiger partial charge in [0.1, 0.15) is 5.78 Å². The number of hydrogen-bond acceptors (Lipinski definition) is 2. The van der Waals surface area contributed by atoms with Gasteiger partial charge in [0, 0.05) is 19.0 Å². The third-order valence-corrected chi connectivity index (χ3v) is 2.94. The van der Waals surface area contributed by atoms with E-state index in [1.54, 1.807) is 6.92 Å². The van der Waals surface area contributed by atoms with E-state index in [-0.39, 0.29) is 5.92 Å². The average Bonchev–Trinajstić information content (AvgIpc) is 2.30. The van der Waals surface area contributed by atoms with Gasteiger partial charge in [0.15, 0.2) is 0 Å². The molecule has 0 saturated carbocycles. The van der Waals surface area contributed by atoms with Crippen LogP contribution in [-0.4, -0.2) is 23.5 Å². The van der Waals surface area contributed by atoms with Crippen LogP contribution >= 0.6 is 9.39 Å². The van der Waals surface area contributed by atoms with E-state index in [1.807, 2.05) is 0 Å². The highest BCUT2D eigenvalue weighted by atomic mass is 31.0. The molecule has 2 nitrogen and oxygen atoms in total. The second-order valence-corrected chi connectivity index (χ2v) is 4.07. The Hall–Kier alpha value is 0.0600. The molecular weight excluding hydrogens is 157 g/mol. The van der Waals surface area contributed by atoms with E-state index >= 15 is 0 Å². The van der Waals surface area contributed by atoms with Crippen molar-refractivity contribution in [2.75, 3.05) is 13.1 Å². The molecule has 1 rings (SSSR count). The number of ketones is 1. The maximum absolute atomic E-state index is 11.1. The van der Waals surface area contributed by atoms with Crippen LogP contribution in [0.2, 0.25) is 0 Å². The minimum atomic E-state index is 0.289. The van der Waals surface area contributed by atoms with Crippen molar-refractivity contribution in [3.8, 4) is 0 Å². The molecule has 1 fully saturated rings. The average molecular weight is 173 g/mol.